The maximum absolute atomic E-state index is 11.6. The second-order valence-corrected chi connectivity index (χ2v) is 4.28. The van der Waals surface area contributed by atoms with Crippen molar-refractivity contribution in [3.63, 3.8) is 0 Å². The molecule has 1 saturated heterocycles. The molecule has 0 spiro atoms. The second-order valence-electron chi connectivity index (χ2n) is 4.28. The van der Waals surface area contributed by atoms with Gasteiger partial charge in [0.1, 0.15) is 6.04 Å². The summed E-state index contributed by atoms with van der Waals surface area (Å²) in [6, 6.07) is -0.203. The molecule has 1 aliphatic heterocycles. The number of carbonyl (C=O) groups is 2. The number of nitrogens with one attached hydrogen (secondary N) is 1. The standard InChI is InChI=1S/C12H21NO4/c1-3-16-12(15)11-8-10(4-6-13-11)5-7-17-9(2)14/h10-11,13H,3-8H2,1-2H3/t10-,11+/m1/s1. The molecule has 0 aliphatic carbocycles. The lowest BCUT2D eigenvalue weighted by Gasteiger charge is -2.28. The van der Waals surface area contributed by atoms with Crippen molar-refractivity contribution in [1.29, 1.82) is 0 Å². The first-order valence-corrected chi connectivity index (χ1v) is 6.16. The number of hydrogen-bond acceptors (Lipinski definition) is 5. The van der Waals surface area contributed by atoms with Crippen LogP contribution in [0.3, 0.4) is 0 Å². The fourth-order valence-corrected chi connectivity index (χ4v) is 2.05. The Hall–Kier alpha value is -1.10. The van der Waals surface area contributed by atoms with Crippen molar-refractivity contribution in [2.45, 2.75) is 39.2 Å². The third-order valence-electron chi connectivity index (χ3n) is 2.91. The predicted octanol–water partition coefficient (Wildman–Crippen LogP) is 0.871. The fourth-order valence-electron chi connectivity index (χ4n) is 2.05. The first-order chi connectivity index (χ1) is 8.13. The zero-order chi connectivity index (χ0) is 12.7. The van der Waals surface area contributed by atoms with Crippen LogP contribution < -0.4 is 5.32 Å². The summed E-state index contributed by atoms with van der Waals surface area (Å²) in [7, 11) is 0. The quantitative estimate of drug-likeness (QED) is 0.726. The van der Waals surface area contributed by atoms with Crippen LogP contribution in [0.1, 0.15) is 33.1 Å². The lowest BCUT2D eigenvalue weighted by Crippen LogP contribution is -2.44. The minimum absolute atomic E-state index is 0.176. The van der Waals surface area contributed by atoms with Gasteiger partial charge in [0.2, 0.25) is 0 Å². The maximum atomic E-state index is 11.6. The molecule has 1 fully saturated rings. The molecule has 0 amide bonds. The Morgan fingerprint density at radius 1 is 1.35 bits per heavy atom. The van der Waals surface area contributed by atoms with E-state index >= 15 is 0 Å². The molecule has 1 heterocycles. The van der Waals surface area contributed by atoms with E-state index in [1.165, 1.54) is 6.92 Å². The minimum atomic E-state index is -0.249. The fraction of sp³-hybridized carbons (Fsp3) is 0.833. The summed E-state index contributed by atoms with van der Waals surface area (Å²) in [5.74, 6) is -0.00410. The van der Waals surface area contributed by atoms with Crippen LogP contribution in [0, 0.1) is 5.92 Å². The van der Waals surface area contributed by atoms with Gasteiger partial charge in [-0.15, -0.1) is 0 Å². The summed E-state index contributed by atoms with van der Waals surface area (Å²) in [5.41, 5.74) is 0. The molecule has 0 bridgehead atoms. The van der Waals surface area contributed by atoms with Crippen LogP contribution >= 0.6 is 0 Å². The predicted molar refractivity (Wildman–Crippen MR) is 62.4 cm³/mol. The van der Waals surface area contributed by atoms with Crippen LogP contribution in [0.4, 0.5) is 0 Å². The molecule has 1 aliphatic rings. The van der Waals surface area contributed by atoms with Crippen LogP contribution in [0.25, 0.3) is 0 Å². The van der Waals surface area contributed by atoms with E-state index in [1.54, 1.807) is 6.92 Å². The van der Waals surface area contributed by atoms with Gasteiger partial charge in [-0.1, -0.05) is 0 Å². The Morgan fingerprint density at radius 2 is 2.12 bits per heavy atom. The van der Waals surface area contributed by atoms with Crippen LogP contribution in [0.5, 0.6) is 0 Å². The van der Waals surface area contributed by atoms with E-state index in [-0.39, 0.29) is 18.0 Å². The molecular formula is C12H21NO4. The molecule has 2 atom stereocenters. The number of carbonyl (C=O) groups excluding carboxylic acids is 2. The molecule has 0 radical (unpaired) electrons. The largest absolute Gasteiger partial charge is 0.466 e. The Bertz CT molecular complexity index is 267. The van der Waals surface area contributed by atoms with Crippen LogP contribution in [-0.4, -0.2) is 37.7 Å². The first kappa shape index (κ1) is 14.0. The van der Waals surface area contributed by atoms with Crippen molar-refractivity contribution in [3.05, 3.63) is 0 Å². The summed E-state index contributed by atoms with van der Waals surface area (Å²) in [4.78, 5) is 22.2. The summed E-state index contributed by atoms with van der Waals surface area (Å²) >= 11 is 0. The Labute approximate surface area is 102 Å². The number of ether oxygens (including phenoxy) is 2. The summed E-state index contributed by atoms with van der Waals surface area (Å²) < 4.78 is 9.90. The van der Waals surface area contributed by atoms with E-state index in [2.05, 4.69) is 5.32 Å². The van der Waals surface area contributed by atoms with Gasteiger partial charge in [-0.2, -0.15) is 0 Å². The van der Waals surface area contributed by atoms with Crippen LogP contribution in [-0.2, 0) is 19.1 Å². The van der Waals surface area contributed by atoms with Crippen molar-refractivity contribution >= 4 is 11.9 Å². The zero-order valence-corrected chi connectivity index (χ0v) is 10.5. The summed E-state index contributed by atoms with van der Waals surface area (Å²) in [6.45, 7) is 4.88. The molecule has 0 unspecified atom stereocenters. The Kier molecular flexibility index (Phi) is 5.97. The molecule has 1 rings (SSSR count). The molecule has 1 N–H and O–H groups in total. The number of hydrogen-bond donors (Lipinski definition) is 1. The van der Waals surface area contributed by atoms with E-state index in [0.29, 0.717) is 19.1 Å². The monoisotopic (exact) mass is 243 g/mol. The summed E-state index contributed by atoms with van der Waals surface area (Å²) in [6.07, 6.45) is 2.59. The lowest BCUT2D eigenvalue weighted by molar-refractivity contribution is -0.147. The topological polar surface area (TPSA) is 64.6 Å². The van der Waals surface area contributed by atoms with Gasteiger partial charge in [0, 0.05) is 6.92 Å². The maximum Gasteiger partial charge on any atom is 0.323 e. The molecule has 0 aromatic carbocycles. The van der Waals surface area contributed by atoms with Crippen LogP contribution in [0.15, 0.2) is 0 Å². The van der Waals surface area contributed by atoms with Crippen LogP contribution in [0.2, 0.25) is 0 Å². The molecule has 5 heteroatoms. The van der Waals surface area contributed by atoms with Gasteiger partial charge in [-0.05, 0) is 38.6 Å². The van der Waals surface area contributed by atoms with Gasteiger partial charge < -0.3 is 14.8 Å². The molecule has 0 aromatic heterocycles. The van der Waals surface area contributed by atoms with Gasteiger partial charge in [0.25, 0.3) is 0 Å². The van der Waals surface area contributed by atoms with Crippen molar-refractivity contribution < 1.29 is 19.1 Å². The number of rotatable bonds is 5. The van der Waals surface area contributed by atoms with Crippen molar-refractivity contribution in [1.82, 2.24) is 5.32 Å². The van der Waals surface area contributed by atoms with E-state index in [1.807, 2.05) is 0 Å². The van der Waals surface area contributed by atoms with E-state index in [0.717, 1.165) is 25.8 Å². The zero-order valence-electron chi connectivity index (χ0n) is 10.5. The smallest absolute Gasteiger partial charge is 0.323 e. The molecule has 98 valence electrons. The number of piperidine rings is 1. The van der Waals surface area contributed by atoms with Crippen molar-refractivity contribution in [2.24, 2.45) is 5.92 Å². The molecule has 17 heavy (non-hydrogen) atoms. The Balaban J connectivity index is 2.28. The third kappa shape index (κ3) is 5.17. The number of esters is 2. The first-order valence-electron chi connectivity index (χ1n) is 6.16. The summed E-state index contributed by atoms with van der Waals surface area (Å²) in [5, 5.41) is 3.15. The molecule has 5 nitrogen and oxygen atoms in total. The highest BCUT2D eigenvalue weighted by atomic mass is 16.5. The average Bonchev–Trinajstić information content (AvgIpc) is 2.29. The van der Waals surface area contributed by atoms with E-state index < -0.39 is 0 Å². The third-order valence-corrected chi connectivity index (χ3v) is 2.91. The SMILES string of the molecule is CCOC(=O)[C@@H]1C[C@@H](CCOC(C)=O)CCN1. The minimum Gasteiger partial charge on any atom is -0.466 e. The van der Waals surface area contributed by atoms with E-state index in [9.17, 15) is 9.59 Å². The molecule has 0 aromatic rings. The van der Waals surface area contributed by atoms with Crippen molar-refractivity contribution in [2.75, 3.05) is 19.8 Å². The van der Waals surface area contributed by atoms with E-state index in [4.69, 9.17) is 9.47 Å². The Morgan fingerprint density at radius 3 is 2.76 bits per heavy atom. The van der Waals surface area contributed by atoms with Gasteiger partial charge in [-0.3, -0.25) is 9.59 Å². The molecular weight excluding hydrogens is 222 g/mol. The van der Waals surface area contributed by atoms with Crippen molar-refractivity contribution in [3.8, 4) is 0 Å². The van der Waals surface area contributed by atoms with Gasteiger partial charge in [-0.25, -0.2) is 0 Å². The lowest BCUT2D eigenvalue weighted by atomic mass is 9.90. The highest BCUT2D eigenvalue weighted by molar-refractivity contribution is 5.75. The van der Waals surface area contributed by atoms with Gasteiger partial charge in [0.15, 0.2) is 0 Å². The highest BCUT2D eigenvalue weighted by Crippen LogP contribution is 2.20. The molecule has 0 saturated carbocycles. The average molecular weight is 243 g/mol. The van der Waals surface area contributed by atoms with Gasteiger partial charge in [0.05, 0.1) is 13.2 Å². The van der Waals surface area contributed by atoms with Gasteiger partial charge >= 0.3 is 11.9 Å². The highest BCUT2D eigenvalue weighted by Gasteiger charge is 2.27. The second kappa shape index (κ2) is 7.27. The normalized spacial score (nSPS) is 24.1.